The molecule has 0 aliphatic heterocycles. The first kappa shape index (κ1) is 14.5. The smallest absolute Gasteiger partial charge is 0.261 e. The molecule has 2 aromatic rings. The average molecular weight is 287 g/mol. The molecule has 1 amide bonds. The molecule has 108 valence electrons. The quantitative estimate of drug-likeness (QED) is 0.393. The lowest BCUT2D eigenvalue weighted by atomic mass is 10.1. The molecule has 0 aliphatic rings. The van der Waals surface area contributed by atoms with Crippen LogP contribution < -0.4 is 10.6 Å². The fourth-order valence-corrected chi connectivity index (χ4v) is 1.96. The van der Waals surface area contributed by atoms with E-state index in [-0.39, 0.29) is 11.4 Å². The SMILES string of the molecule is CN(C(=O)c1ccccc1F)c1ccccc1/C(N)=N/O. The van der Waals surface area contributed by atoms with Gasteiger partial charge in [0, 0.05) is 12.6 Å². The molecule has 6 heteroatoms. The van der Waals surface area contributed by atoms with Crippen molar-refractivity contribution in [1.82, 2.24) is 0 Å². The topological polar surface area (TPSA) is 78.9 Å². The molecule has 0 atom stereocenters. The van der Waals surface area contributed by atoms with Crippen molar-refractivity contribution in [3.63, 3.8) is 0 Å². The molecular weight excluding hydrogens is 273 g/mol. The van der Waals surface area contributed by atoms with E-state index in [2.05, 4.69) is 5.16 Å². The van der Waals surface area contributed by atoms with E-state index in [1.54, 1.807) is 30.3 Å². The molecule has 0 saturated carbocycles. The van der Waals surface area contributed by atoms with Crippen LogP contribution in [0.5, 0.6) is 0 Å². The summed E-state index contributed by atoms with van der Waals surface area (Å²) in [4.78, 5) is 13.6. The summed E-state index contributed by atoms with van der Waals surface area (Å²) in [5.74, 6) is -1.25. The zero-order valence-electron chi connectivity index (χ0n) is 11.3. The van der Waals surface area contributed by atoms with Crippen LogP contribution in [0.15, 0.2) is 53.7 Å². The van der Waals surface area contributed by atoms with Gasteiger partial charge in [0.15, 0.2) is 5.84 Å². The van der Waals surface area contributed by atoms with Crippen molar-refractivity contribution in [2.24, 2.45) is 10.9 Å². The Morgan fingerprint density at radius 2 is 1.71 bits per heavy atom. The van der Waals surface area contributed by atoms with Gasteiger partial charge in [0.05, 0.1) is 11.3 Å². The van der Waals surface area contributed by atoms with Crippen LogP contribution in [-0.4, -0.2) is 24.0 Å². The van der Waals surface area contributed by atoms with E-state index in [9.17, 15) is 9.18 Å². The van der Waals surface area contributed by atoms with Crippen molar-refractivity contribution in [3.8, 4) is 0 Å². The summed E-state index contributed by atoms with van der Waals surface area (Å²) in [6.45, 7) is 0. The molecule has 21 heavy (non-hydrogen) atoms. The first-order valence-corrected chi connectivity index (χ1v) is 6.15. The lowest BCUT2D eigenvalue weighted by Gasteiger charge is -2.20. The predicted molar refractivity (Wildman–Crippen MR) is 78.1 cm³/mol. The second kappa shape index (κ2) is 6.04. The van der Waals surface area contributed by atoms with Crippen molar-refractivity contribution < 1.29 is 14.4 Å². The van der Waals surface area contributed by atoms with Gasteiger partial charge in [0.2, 0.25) is 0 Å². The highest BCUT2D eigenvalue weighted by Crippen LogP contribution is 2.21. The Labute approximate surface area is 121 Å². The van der Waals surface area contributed by atoms with Gasteiger partial charge in [0.1, 0.15) is 5.82 Å². The van der Waals surface area contributed by atoms with E-state index >= 15 is 0 Å². The first-order valence-electron chi connectivity index (χ1n) is 6.15. The zero-order valence-corrected chi connectivity index (χ0v) is 11.3. The number of hydrogen-bond acceptors (Lipinski definition) is 3. The average Bonchev–Trinajstić information content (AvgIpc) is 2.53. The van der Waals surface area contributed by atoms with Gasteiger partial charge in [-0.3, -0.25) is 4.79 Å². The number of anilines is 1. The minimum absolute atomic E-state index is 0.0469. The summed E-state index contributed by atoms with van der Waals surface area (Å²) in [6.07, 6.45) is 0. The van der Waals surface area contributed by atoms with Crippen LogP contribution in [0.2, 0.25) is 0 Å². The lowest BCUT2D eigenvalue weighted by Crippen LogP contribution is -2.29. The molecule has 5 nitrogen and oxygen atoms in total. The molecule has 3 N–H and O–H groups in total. The zero-order chi connectivity index (χ0) is 15.4. The number of rotatable bonds is 3. The number of para-hydroxylation sites is 1. The van der Waals surface area contributed by atoms with Gasteiger partial charge in [-0.05, 0) is 24.3 Å². The van der Waals surface area contributed by atoms with Gasteiger partial charge >= 0.3 is 0 Å². The minimum Gasteiger partial charge on any atom is -0.409 e. The molecule has 2 aromatic carbocycles. The number of carbonyl (C=O) groups excluding carboxylic acids is 1. The highest BCUT2D eigenvalue weighted by Gasteiger charge is 2.20. The number of benzene rings is 2. The maximum Gasteiger partial charge on any atom is 0.261 e. The predicted octanol–water partition coefficient (Wildman–Crippen LogP) is 2.20. The number of oxime groups is 1. The van der Waals surface area contributed by atoms with E-state index in [0.29, 0.717) is 11.3 Å². The van der Waals surface area contributed by atoms with Crippen molar-refractivity contribution in [3.05, 3.63) is 65.5 Å². The maximum absolute atomic E-state index is 13.7. The molecular formula is C15H14FN3O2. The van der Waals surface area contributed by atoms with Gasteiger partial charge in [-0.15, -0.1) is 0 Å². The Bertz CT molecular complexity index is 701. The highest BCUT2D eigenvalue weighted by molar-refractivity contribution is 6.10. The van der Waals surface area contributed by atoms with E-state index in [1.165, 1.54) is 30.1 Å². The number of nitrogens with two attached hydrogens (primary N) is 1. The van der Waals surface area contributed by atoms with Gasteiger partial charge in [-0.25, -0.2) is 4.39 Å². The van der Waals surface area contributed by atoms with Crippen LogP contribution in [0.3, 0.4) is 0 Å². The van der Waals surface area contributed by atoms with E-state index < -0.39 is 11.7 Å². The maximum atomic E-state index is 13.7. The van der Waals surface area contributed by atoms with Crippen LogP contribution in [0.1, 0.15) is 15.9 Å². The van der Waals surface area contributed by atoms with Crippen LogP contribution >= 0.6 is 0 Å². The number of carbonyl (C=O) groups is 1. The van der Waals surface area contributed by atoms with Gasteiger partial charge in [-0.1, -0.05) is 29.4 Å². The van der Waals surface area contributed by atoms with Crippen LogP contribution in [-0.2, 0) is 0 Å². The van der Waals surface area contributed by atoms with Crippen molar-refractivity contribution in [1.29, 1.82) is 0 Å². The molecule has 0 aliphatic carbocycles. The number of amidine groups is 1. The van der Waals surface area contributed by atoms with Crippen molar-refractivity contribution in [2.75, 3.05) is 11.9 Å². The third kappa shape index (κ3) is 2.84. The van der Waals surface area contributed by atoms with Crippen LogP contribution in [0, 0.1) is 5.82 Å². The Hall–Kier alpha value is -2.89. The first-order chi connectivity index (χ1) is 10.1. The molecule has 0 saturated heterocycles. The standard InChI is InChI=1S/C15H14FN3O2/c1-19(15(20)10-6-2-4-8-12(10)16)13-9-5-3-7-11(13)14(17)18-21/h2-9,21H,1H3,(H2,17,18). The van der Waals surface area contributed by atoms with Gasteiger partial charge in [0.25, 0.3) is 5.91 Å². The molecule has 0 radical (unpaired) electrons. The van der Waals surface area contributed by atoms with Gasteiger partial charge in [-0.2, -0.15) is 0 Å². The molecule has 0 aromatic heterocycles. The third-order valence-electron chi connectivity index (χ3n) is 3.06. The number of amides is 1. The number of hydrogen-bond donors (Lipinski definition) is 2. The summed E-state index contributed by atoms with van der Waals surface area (Å²) in [5, 5.41) is 11.7. The van der Waals surface area contributed by atoms with E-state index in [1.807, 2.05) is 0 Å². The summed E-state index contributed by atoms with van der Waals surface area (Å²) in [6, 6.07) is 12.3. The van der Waals surface area contributed by atoms with Crippen LogP contribution in [0.25, 0.3) is 0 Å². The molecule has 0 fully saturated rings. The number of nitrogens with zero attached hydrogens (tertiary/aromatic N) is 2. The lowest BCUT2D eigenvalue weighted by molar-refractivity contribution is 0.0989. The molecule has 0 heterocycles. The van der Waals surface area contributed by atoms with Crippen LogP contribution in [0.4, 0.5) is 10.1 Å². The Morgan fingerprint density at radius 1 is 1.14 bits per heavy atom. The Balaban J connectivity index is 2.44. The third-order valence-corrected chi connectivity index (χ3v) is 3.06. The van der Waals surface area contributed by atoms with Crippen molar-refractivity contribution in [2.45, 2.75) is 0 Å². The van der Waals surface area contributed by atoms with E-state index in [4.69, 9.17) is 10.9 Å². The number of halogens is 1. The minimum atomic E-state index is -0.601. The molecule has 0 bridgehead atoms. The molecule has 0 unspecified atom stereocenters. The fraction of sp³-hybridized carbons (Fsp3) is 0.0667. The monoisotopic (exact) mass is 287 g/mol. The van der Waals surface area contributed by atoms with Gasteiger partial charge < -0.3 is 15.8 Å². The summed E-state index contributed by atoms with van der Waals surface area (Å²) < 4.78 is 13.7. The highest BCUT2D eigenvalue weighted by atomic mass is 19.1. The normalized spacial score (nSPS) is 11.2. The summed E-state index contributed by atoms with van der Waals surface area (Å²) >= 11 is 0. The Kier molecular flexibility index (Phi) is 4.18. The second-order valence-corrected chi connectivity index (χ2v) is 4.35. The molecule has 0 spiro atoms. The summed E-state index contributed by atoms with van der Waals surface area (Å²) in [7, 11) is 1.50. The largest absolute Gasteiger partial charge is 0.409 e. The summed E-state index contributed by atoms with van der Waals surface area (Å²) in [5.41, 5.74) is 6.34. The molecule has 2 rings (SSSR count). The van der Waals surface area contributed by atoms with E-state index in [0.717, 1.165) is 0 Å². The fourth-order valence-electron chi connectivity index (χ4n) is 1.96. The second-order valence-electron chi connectivity index (χ2n) is 4.35. The Morgan fingerprint density at radius 3 is 2.33 bits per heavy atom. The van der Waals surface area contributed by atoms with Crippen molar-refractivity contribution >= 4 is 17.4 Å².